The minimum absolute atomic E-state index is 0.200. The maximum absolute atomic E-state index is 12.4. The normalized spacial score (nSPS) is 10.9. The molecule has 2 aromatic rings. The highest BCUT2D eigenvalue weighted by Gasteiger charge is 2.11. The zero-order valence-electron chi connectivity index (χ0n) is 16.6. The predicted octanol–water partition coefficient (Wildman–Crippen LogP) is 3.03. The Balaban J connectivity index is 1.96. The molecule has 2 aromatic carbocycles. The van der Waals surface area contributed by atoms with E-state index in [0.717, 1.165) is 24.3 Å². The second-order valence-corrected chi connectivity index (χ2v) is 6.55. The third kappa shape index (κ3) is 6.89. The van der Waals surface area contributed by atoms with Gasteiger partial charge < -0.3 is 20.3 Å². The van der Waals surface area contributed by atoms with Crippen molar-refractivity contribution in [2.45, 2.75) is 6.42 Å². The Bertz CT molecular complexity index is 814. The summed E-state index contributed by atoms with van der Waals surface area (Å²) in [4.78, 5) is 26.7. The van der Waals surface area contributed by atoms with Gasteiger partial charge in [0.1, 0.15) is 5.75 Å². The maximum atomic E-state index is 12.4. The topological polar surface area (TPSA) is 70.7 Å². The molecule has 0 aliphatic carbocycles. The van der Waals surface area contributed by atoms with Gasteiger partial charge >= 0.3 is 0 Å². The van der Waals surface area contributed by atoms with Crippen molar-refractivity contribution in [2.75, 3.05) is 39.6 Å². The Morgan fingerprint density at radius 1 is 1.07 bits per heavy atom. The molecule has 0 unspecified atom stereocenters. The summed E-state index contributed by atoms with van der Waals surface area (Å²) in [6.45, 7) is 1.48. The highest BCUT2D eigenvalue weighted by Crippen LogP contribution is 2.16. The Morgan fingerprint density at radius 2 is 1.79 bits per heavy atom. The summed E-state index contributed by atoms with van der Waals surface area (Å²) < 4.78 is 5.11. The summed E-state index contributed by atoms with van der Waals surface area (Å²) in [7, 11) is 5.59. The van der Waals surface area contributed by atoms with Gasteiger partial charge in [-0.05, 0) is 63.0 Å². The molecule has 0 saturated carbocycles. The first kappa shape index (κ1) is 21.2. The number of anilines is 1. The molecule has 28 heavy (non-hydrogen) atoms. The molecule has 6 heteroatoms. The van der Waals surface area contributed by atoms with Crippen LogP contribution in [0.2, 0.25) is 0 Å². The molecule has 6 nitrogen and oxygen atoms in total. The molecule has 0 radical (unpaired) electrons. The Hall–Kier alpha value is -3.12. The van der Waals surface area contributed by atoms with Gasteiger partial charge in [0.05, 0.1) is 18.4 Å². The van der Waals surface area contributed by atoms with Gasteiger partial charge in [0, 0.05) is 12.6 Å². The van der Waals surface area contributed by atoms with Crippen LogP contribution in [0.15, 0.2) is 54.6 Å². The predicted molar refractivity (Wildman–Crippen MR) is 113 cm³/mol. The Kier molecular flexibility index (Phi) is 8.24. The molecule has 2 amide bonds. The molecule has 0 saturated heterocycles. The molecule has 0 aliphatic heterocycles. The van der Waals surface area contributed by atoms with Crippen LogP contribution >= 0.6 is 0 Å². The van der Waals surface area contributed by atoms with E-state index >= 15 is 0 Å². The second-order valence-electron chi connectivity index (χ2n) is 6.55. The van der Waals surface area contributed by atoms with Crippen molar-refractivity contribution in [1.29, 1.82) is 0 Å². The fourth-order valence-corrected chi connectivity index (χ4v) is 2.54. The molecule has 0 bridgehead atoms. The fourth-order valence-electron chi connectivity index (χ4n) is 2.54. The van der Waals surface area contributed by atoms with E-state index < -0.39 is 0 Å². The SMILES string of the molecule is COc1ccc(C=CC(=O)Nc2ccccc2C(=O)NCCCN(C)C)cc1. The first-order chi connectivity index (χ1) is 13.5. The molecule has 0 heterocycles. The molecule has 0 aromatic heterocycles. The Morgan fingerprint density at radius 3 is 2.46 bits per heavy atom. The van der Waals surface area contributed by atoms with Crippen LogP contribution in [0.5, 0.6) is 5.75 Å². The van der Waals surface area contributed by atoms with Crippen molar-refractivity contribution in [3.05, 3.63) is 65.7 Å². The van der Waals surface area contributed by atoms with Crippen molar-refractivity contribution < 1.29 is 14.3 Å². The average Bonchev–Trinajstić information content (AvgIpc) is 2.70. The average molecular weight is 381 g/mol. The molecule has 0 fully saturated rings. The molecule has 2 N–H and O–H groups in total. The largest absolute Gasteiger partial charge is 0.497 e. The van der Waals surface area contributed by atoms with Crippen molar-refractivity contribution >= 4 is 23.6 Å². The number of hydrogen-bond acceptors (Lipinski definition) is 4. The molecule has 2 rings (SSSR count). The lowest BCUT2D eigenvalue weighted by molar-refractivity contribution is -0.111. The van der Waals surface area contributed by atoms with E-state index in [9.17, 15) is 9.59 Å². The van der Waals surface area contributed by atoms with Gasteiger partial charge in [-0.2, -0.15) is 0 Å². The molecule has 148 valence electrons. The first-order valence-electron chi connectivity index (χ1n) is 9.14. The van der Waals surface area contributed by atoms with Gasteiger partial charge in [0.15, 0.2) is 0 Å². The summed E-state index contributed by atoms with van der Waals surface area (Å²) in [5.74, 6) is 0.254. The van der Waals surface area contributed by atoms with Gasteiger partial charge in [-0.15, -0.1) is 0 Å². The highest BCUT2D eigenvalue weighted by atomic mass is 16.5. The monoisotopic (exact) mass is 381 g/mol. The molecule has 0 aliphatic rings. The number of para-hydroxylation sites is 1. The standard InChI is InChI=1S/C22H27N3O3/c1-25(2)16-6-15-23-22(27)19-7-4-5-8-20(19)24-21(26)14-11-17-9-12-18(28-3)13-10-17/h4-5,7-14H,6,15-16H2,1-3H3,(H,23,27)(H,24,26). The van der Waals surface area contributed by atoms with Crippen LogP contribution < -0.4 is 15.4 Å². The molecule has 0 spiro atoms. The number of ether oxygens (including phenoxy) is 1. The van der Waals surface area contributed by atoms with Crippen LogP contribution in [0.3, 0.4) is 0 Å². The highest BCUT2D eigenvalue weighted by molar-refractivity contribution is 6.07. The summed E-state index contributed by atoms with van der Waals surface area (Å²) >= 11 is 0. The number of rotatable bonds is 9. The number of benzene rings is 2. The zero-order chi connectivity index (χ0) is 20.4. The van der Waals surface area contributed by atoms with Crippen LogP contribution in [0.25, 0.3) is 6.08 Å². The summed E-state index contributed by atoms with van der Waals surface area (Å²) in [5.41, 5.74) is 1.80. The summed E-state index contributed by atoms with van der Waals surface area (Å²) in [5, 5.41) is 5.66. The lowest BCUT2D eigenvalue weighted by atomic mass is 10.1. The summed E-state index contributed by atoms with van der Waals surface area (Å²) in [6, 6.07) is 14.3. The zero-order valence-corrected chi connectivity index (χ0v) is 16.6. The van der Waals surface area contributed by atoms with Crippen molar-refractivity contribution in [3.8, 4) is 5.75 Å². The quantitative estimate of drug-likeness (QED) is 0.517. The van der Waals surface area contributed by atoms with Crippen molar-refractivity contribution in [1.82, 2.24) is 10.2 Å². The van der Waals surface area contributed by atoms with E-state index in [1.807, 2.05) is 38.4 Å². The van der Waals surface area contributed by atoms with Crippen LogP contribution in [-0.2, 0) is 4.79 Å². The third-order valence-electron chi connectivity index (χ3n) is 4.04. The third-order valence-corrected chi connectivity index (χ3v) is 4.04. The molecular formula is C22H27N3O3. The van der Waals surface area contributed by atoms with E-state index in [2.05, 4.69) is 15.5 Å². The number of carbonyl (C=O) groups excluding carboxylic acids is 2. The lowest BCUT2D eigenvalue weighted by Crippen LogP contribution is -2.28. The number of hydrogen-bond donors (Lipinski definition) is 2. The first-order valence-corrected chi connectivity index (χ1v) is 9.14. The van der Waals surface area contributed by atoms with E-state index in [1.165, 1.54) is 6.08 Å². The number of nitrogens with zero attached hydrogens (tertiary/aromatic N) is 1. The van der Waals surface area contributed by atoms with Crippen LogP contribution in [0, 0.1) is 0 Å². The lowest BCUT2D eigenvalue weighted by Gasteiger charge is -2.12. The minimum Gasteiger partial charge on any atom is -0.497 e. The minimum atomic E-state index is -0.302. The number of carbonyl (C=O) groups is 2. The number of methoxy groups -OCH3 is 1. The van der Waals surface area contributed by atoms with E-state index in [4.69, 9.17) is 4.74 Å². The van der Waals surface area contributed by atoms with Gasteiger partial charge in [0.25, 0.3) is 5.91 Å². The van der Waals surface area contributed by atoms with Gasteiger partial charge in [-0.1, -0.05) is 24.3 Å². The van der Waals surface area contributed by atoms with Gasteiger partial charge in [0.2, 0.25) is 5.91 Å². The smallest absolute Gasteiger partial charge is 0.253 e. The van der Waals surface area contributed by atoms with E-state index in [-0.39, 0.29) is 11.8 Å². The van der Waals surface area contributed by atoms with E-state index in [1.54, 1.807) is 37.5 Å². The number of nitrogens with one attached hydrogen (secondary N) is 2. The van der Waals surface area contributed by atoms with Crippen LogP contribution in [0.4, 0.5) is 5.69 Å². The molecular weight excluding hydrogens is 354 g/mol. The van der Waals surface area contributed by atoms with Crippen molar-refractivity contribution in [3.63, 3.8) is 0 Å². The number of amides is 2. The van der Waals surface area contributed by atoms with E-state index in [0.29, 0.717) is 17.8 Å². The van der Waals surface area contributed by atoms with Gasteiger partial charge in [-0.3, -0.25) is 9.59 Å². The van der Waals surface area contributed by atoms with Crippen LogP contribution in [0.1, 0.15) is 22.3 Å². The maximum Gasteiger partial charge on any atom is 0.253 e. The van der Waals surface area contributed by atoms with Crippen molar-refractivity contribution in [2.24, 2.45) is 0 Å². The molecule has 0 atom stereocenters. The summed E-state index contributed by atoms with van der Waals surface area (Å²) in [6.07, 6.45) is 4.00. The Labute approximate surface area is 166 Å². The second kappa shape index (κ2) is 10.9. The van der Waals surface area contributed by atoms with Gasteiger partial charge in [-0.25, -0.2) is 0 Å². The van der Waals surface area contributed by atoms with Crippen LogP contribution in [-0.4, -0.2) is 51.0 Å². The fraction of sp³-hybridized carbons (Fsp3) is 0.273.